The number of hydrogen-bond acceptors (Lipinski definition) is 3. The number of carbonyl (C=O) groups is 1. The molecule has 1 amide bonds. The van der Waals surface area contributed by atoms with Gasteiger partial charge < -0.3 is 4.90 Å². The monoisotopic (exact) mass is 374 g/mol. The summed E-state index contributed by atoms with van der Waals surface area (Å²) in [6, 6.07) is 18.9. The Labute approximate surface area is 164 Å². The van der Waals surface area contributed by atoms with Gasteiger partial charge in [0.15, 0.2) is 0 Å². The number of aryl methyl sites for hydroxylation is 1. The molecule has 4 rings (SSSR count). The zero-order valence-electron chi connectivity index (χ0n) is 15.4. The lowest BCUT2D eigenvalue weighted by Gasteiger charge is -2.18. The average molecular weight is 375 g/mol. The molecule has 0 unspecified atom stereocenters. The van der Waals surface area contributed by atoms with E-state index in [9.17, 15) is 4.79 Å². The first-order chi connectivity index (χ1) is 13.2. The molecule has 0 fully saturated rings. The van der Waals surface area contributed by atoms with Crippen molar-refractivity contribution in [2.24, 2.45) is 0 Å². The molecule has 0 spiro atoms. The molecule has 0 bridgehead atoms. The Morgan fingerprint density at radius 2 is 1.81 bits per heavy atom. The van der Waals surface area contributed by atoms with E-state index in [2.05, 4.69) is 53.7 Å². The van der Waals surface area contributed by atoms with E-state index in [-0.39, 0.29) is 5.91 Å². The molecule has 0 atom stereocenters. The molecule has 2 heterocycles. The fourth-order valence-electron chi connectivity index (χ4n) is 3.56. The first-order valence-corrected chi connectivity index (χ1v) is 10.4. The molecular weight excluding hydrogens is 352 g/mol. The molecule has 1 aliphatic rings. The average Bonchev–Trinajstić information content (AvgIpc) is 3.16. The standard InChI is InChI=1S/C23H22N2OS/c1-27-21-6-2-17(3-7-21)4-9-23(26)25-15-12-20-16-19(5-8-22(20)25)18-10-13-24-14-11-18/h2-3,5-8,10-11,13-14,16H,4,9,12,15H2,1H3. The van der Waals surface area contributed by atoms with Crippen molar-refractivity contribution in [3.05, 3.63) is 78.1 Å². The van der Waals surface area contributed by atoms with Gasteiger partial charge in [-0.25, -0.2) is 0 Å². The fraction of sp³-hybridized carbons (Fsp3) is 0.217. The van der Waals surface area contributed by atoms with Crippen molar-refractivity contribution in [3.8, 4) is 11.1 Å². The molecule has 0 saturated heterocycles. The summed E-state index contributed by atoms with van der Waals surface area (Å²) in [7, 11) is 0. The number of rotatable bonds is 5. The first kappa shape index (κ1) is 17.8. The van der Waals surface area contributed by atoms with E-state index in [1.54, 1.807) is 11.8 Å². The van der Waals surface area contributed by atoms with Crippen LogP contribution in [0.4, 0.5) is 5.69 Å². The van der Waals surface area contributed by atoms with Crippen LogP contribution in [-0.4, -0.2) is 23.7 Å². The second-order valence-electron chi connectivity index (χ2n) is 6.72. The molecule has 1 aromatic heterocycles. The summed E-state index contributed by atoms with van der Waals surface area (Å²) in [5, 5.41) is 0. The number of anilines is 1. The van der Waals surface area contributed by atoms with Crippen molar-refractivity contribution in [1.29, 1.82) is 0 Å². The number of hydrogen-bond donors (Lipinski definition) is 0. The number of benzene rings is 2. The van der Waals surface area contributed by atoms with Gasteiger partial charge in [-0.2, -0.15) is 0 Å². The van der Waals surface area contributed by atoms with E-state index >= 15 is 0 Å². The molecule has 0 aliphatic carbocycles. The van der Waals surface area contributed by atoms with E-state index < -0.39 is 0 Å². The number of nitrogens with zero attached hydrogens (tertiary/aromatic N) is 2. The van der Waals surface area contributed by atoms with Crippen LogP contribution >= 0.6 is 11.8 Å². The van der Waals surface area contributed by atoms with Crippen LogP contribution in [0.15, 0.2) is 71.9 Å². The Morgan fingerprint density at radius 1 is 1.04 bits per heavy atom. The van der Waals surface area contributed by atoms with Gasteiger partial charge in [-0.15, -0.1) is 11.8 Å². The van der Waals surface area contributed by atoms with Crippen molar-refractivity contribution < 1.29 is 4.79 Å². The Balaban J connectivity index is 1.44. The summed E-state index contributed by atoms with van der Waals surface area (Å²) >= 11 is 1.74. The molecule has 0 saturated carbocycles. The maximum atomic E-state index is 12.8. The fourth-order valence-corrected chi connectivity index (χ4v) is 3.97. The summed E-state index contributed by atoms with van der Waals surface area (Å²) in [6.45, 7) is 0.777. The quantitative estimate of drug-likeness (QED) is 0.590. The Kier molecular flexibility index (Phi) is 5.26. The predicted octanol–water partition coefficient (Wildman–Crippen LogP) is 4.99. The second-order valence-corrected chi connectivity index (χ2v) is 7.60. The minimum atomic E-state index is 0.208. The zero-order chi connectivity index (χ0) is 18.6. The summed E-state index contributed by atoms with van der Waals surface area (Å²) in [5.74, 6) is 0.208. The van der Waals surface area contributed by atoms with E-state index in [0.29, 0.717) is 6.42 Å². The maximum Gasteiger partial charge on any atom is 0.227 e. The van der Waals surface area contributed by atoms with Gasteiger partial charge in [0.1, 0.15) is 0 Å². The predicted molar refractivity (Wildman–Crippen MR) is 112 cm³/mol. The van der Waals surface area contributed by atoms with Crippen LogP contribution in [0.3, 0.4) is 0 Å². The van der Waals surface area contributed by atoms with Gasteiger partial charge in [0.2, 0.25) is 5.91 Å². The van der Waals surface area contributed by atoms with Crippen LogP contribution in [0.1, 0.15) is 17.5 Å². The maximum absolute atomic E-state index is 12.8. The number of aromatic nitrogens is 1. The molecule has 27 heavy (non-hydrogen) atoms. The minimum absolute atomic E-state index is 0.208. The third-order valence-corrected chi connectivity index (χ3v) is 5.82. The first-order valence-electron chi connectivity index (χ1n) is 9.21. The van der Waals surface area contributed by atoms with Crippen LogP contribution in [0.2, 0.25) is 0 Å². The highest BCUT2D eigenvalue weighted by atomic mass is 32.2. The smallest absolute Gasteiger partial charge is 0.227 e. The van der Waals surface area contributed by atoms with Crippen LogP contribution in [0, 0.1) is 0 Å². The summed E-state index contributed by atoms with van der Waals surface area (Å²) in [4.78, 5) is 20.1. The number of fused-ring (bicyclic) bond motifs is 1. The topological polar surface area (TPSA) is 33.2 Å². The number of amides is 1. The van der Waals surface area contributed by atoms with Crippen LogP contribution in [0.5, 0.6) is 0 Å². The second kappa shape index (κ2) is 7.97. The molecule has 1 aliphatic heterocycles. The number of thioether (sulfide) groups is 1. The lowest BCUT2D eigenvalue weighted by Crippen LogP contribution is -2.29. The summed E-state index contributed by atoms with van der Waals surface area (Å²) in [6.07, 6.45) is 7.94. The Morgan fingerprint density at radius 3 is 2.56 bits per heavy atom. The zero-order valence-corrected chi connectivity index (χ0v) is 16.2. The highest BCUT2D eigenvalue weighted by Crippen LogP contribution is 2.32. The summed E-state index contributed by atoms with van der Waals surface area (Å²) in [5.41, 5.74) is 5.87. The van der Waals surface area contributed by atoms with Crippen molar-refractivity contribution in [2.45, 2.75) is 24.2 Å². The van der Waals surface area contributed by atoms with Gasteiger partial charge in [0.25, 0.3) is 0 Å². The van der Waals surface area contributed by atoms with E-state index in [0.717, 1.165) is 30.6 Å². The molecule has 3 nitrogen and oxygen atoms in total. The SMILES string of the molecule is CSc1ccc(CCC(=O)N2CCc3cc(-c4ccncc4)ccc32)cc1. The molecular formula is C23H22N2OS. The van der Waals surface area contributed by atoms with Gasteiger partial charge in [-0.3, -0.25) is 9.78 Å². The van der Waals surface area contributed by atoms with Crippen LogP contribution in [0.25, 0.3) is 11.1 Å². The highest BCUT2D eigenvalue weighted by Gasteiger charge is 2.24. The normalized spacial score (nSPS) is 12.9. The Bertz CT molecular complexity index is 938. The van der Waals surface area contributed by atoms with Gasteiger partial charge in [0.05, 0.1) is 0 Å². The Hall–Kier alpha value is -2.59. The van der Waals surface area contributed by atoms with Crippen molar-refractivity contribution in [3.63, 3.8) is 0 Å². The van der Waals surface area contributed by atoms with Crippen LogP contribution in [-0.2, 0) is 17.6 Å². The van der Waals surface area contributed by atoms with Crippen LogP contribution < -0.4 is 4.90 Å². The van der Waals surface area contributed by atoms with Crippen molar-refractivity contribution >= 4 is 23.4 Å². The molecule has 3 aromatic rings. The van der Waals surface area contributed by atoms with Gasteiger partial charge in [0, 0.05) is 35.9 Å². The van der Waals surface area contributed by atoms with Gasteiger partial charge in [-0.1, -0.05) is 18.2 Å². The number of pyridine rings is 1. The molecule has 4 heteroatoms. The third-order valence-electron chi connectivity index (χ3n) is 5.08. The molecule has 136 valence electrons. The van der Waals surface area contributed by atoms with Gasteiger partial charge in [-0.05, 0) is 77.7 Å². The van der Waals surface area contributed by atoms with Crippen molar-refractivity contribution in [2.75, 3.05) is 17.7 Å². The minimum Gasteiger partial charge on any atom is -0.312 e. The van der Waals surface area contributed by atoms with E-state index in [4.69, 9.17) is 0 Å². The third kappa shape index (κ3) is 3.91. The highest BCUT2D eigenvalue weighted by molar-refractivity contribution is 7.98. The molecule has 0 N–H and O–H groups in total. The molecule has 0 radical (unpaired) electrons. The lowest BCUT2D eigenvalue weighted by atomic mass is 10.0. The molecule has 2 aromatic carbocycles. The van der Waals surface area contributed by atoms with E-state index in [1.807, 2.05) is 29.4 Å². The van der Waals surface area contributed by atoms with Gasteiger partial charge >= 0.3 is 0 Å². The van der Waals surface area contributed by atoms with Crippen molar-refractivity contribution in [1.82, 2.24) is 4.98 Å². The number of carbonyl (C=O) groups excluding carboxylic acids is 1. The summed E-state index contributed by atoms with van der Waals surface area (Å²) < 4.78 is 0. The largest absolute Gasteiger partial charge is 0.312 e. The van der Waals surface area contributed by atoms with E-state index in [1.165, 1.54) is 21.6 Å². The lowest BCUT2D eigenvalue weighted by molar-refractivity contribution is -0.118.